The van der Waals surface area contributed by atoms with Gasteiger partial charge in [0.2, 0.25) is 5.95 Å². The quantitative estimate of drug-likeness (QED) is 0.176. The van der Waals surface area contributed by atoms with Gasteiger partial charge in [-0.25, -0.2) is 4.98 Å². The largest absolute Gasteiger partial charge is 0.456 e. The second kappa shape index (κ2) is 11.8. The van der Waals surface area contributed by atoms with Gasteiger partial charge in [0.1, 0.15) is 11.2 Å². The molecule has 12 aromatic rings. The molecular weight excluding hydrogens is 709 g/mol. The molecule has 58 heavy (non-hydrogen) atoms. The van der Waals surface area contributed by atoms with E-state index in [4.69, 9.17) is 19.4 Å². The van der Waals surface area contributed by atoms with Gasteiger partial charge < -0.3 is 4.42 Å². The minimum Gasteiger partial charge on any atom is -0.456 e. The number of hydrogen-bond acceptors (Lipinski definition) is 4. The Labute approximate surface area is 332 Å². The van der Waals surface area contributed by atoms with Crippen LogP contribution in [-0.2, 0) is 0 Å². The van der Waals surface area contributed by atoms with Crippen LogP contribution in [0.1, 0.15) is 0 Å². The molecule has 0 atom stereocenters. The van der Waals surface area contributed by atoms with E-state index in [0.717, 1.165) is 60.8 Å². The van der Waals surface area contributed by atoms with Gasteiger partial charge in [-0.1, -0.05) is 146 Å². The van der Waals surface area contributed by atoms with Crippen molar-refractivity contribution in [1.29, 1.82) is 0 Å². The van der Waals surface area contributed by atoms with E-state index < -0.39 is 0 Å². The van der Waals surface area contributed by atoms with E-state index >= 15 is 0 Å². The predicted octanol–water partition coefficient (Wildman–Crippen LogP) is 13.8. The Morgan fingerprint density at radius 1 is 0.345 bits per heavy atom. The Morgan fingerprint density at radius 3 is 1.78 bits per heavy atom. The van der Waals surface area contributed by atoms with Gasteiger partial charge in [-0.15, -0.1) is 0 Å². The maximum absolute atomic E-state index is 6.60. The molecular formula is C53H30N4O. The number of rotatable bonds is 5. The lowest BCUT2D eigenvalue weighted by Crippen LogP contribution is -2.06. The molecule has 1 aliphatic carbocycles. The number of hydrogen-bond donors (Lipinski definition) is 0. The SMILES string of the molecule is c1ccc(-c2nc(-c3ccc(-c4ccc5ccccc5c4)cc3)nc(-n3c4cccc5c4c4c6c(ccc7oc8cccc-5c8c76)c(-c5ccccc5)cc43)n2)cc1. The summed E-state index contributed by atoms with van der Waals surface area (Å²) >= 11 is 0. The Hall–Kier alpha value is -7.89. The first kappa shape index (κ1) is 31.3. The fraction of sp³-hybridized carbons (Fsp3) is 0. The molecule has 0 amide bonds. The third kappa shape index (κ3) is 4.44. The van der Waals surface area contributed by atoms with E-state index in [1.54, 1.807) is 0 Å². The van der Waals surface area contributed by atoms with Crippen molar-refractivity contribution in [3.05, 3.63) is 182 Å². The fourth-order valence-corrected chi connectivity index (χ4v) is 9.37. The summed E-state index contributed by atoms with van der Waals surface area (Å²) in [5, 5.41) is 9.49. The summed E-state index contributed by atoms with van der Waals surface area (Å²) in [4.78, 5) is 15.8. The predicted molar refractivity (Wildman–Crippen MR) is 237 cm³/mol. The lowest BCUT2D eigenvalue weighted by molar-refractivity contribution is 0.669. The van der Waals surface area contributed by atoms with E-state index in [-0.39, 0.29) is 0 Å². The Morgan fingerprint density at radius 2 is 0.983 bits per heavy atom. The first-order valence-corrected chi connectivity index (χ1v) is 19.6. The highest BCUT2D eigenvalue weighted by atomic mass is 16.3. The molecule has 0 radical (unpaired) electrons. The Kier molecular flexibility index (Phi) is 6.38. The molecule has 13 rings (SSSR count). The topological polar surface area (TPSA) is 56.7 Å². The number of fused-ring (bicyclic) bond motifs is 2. The van der Waals surface area contributed by atoms with Crippen molar-refractivity contribution in [2.75, 3.05) is 0 Å². The molecule has 3 heterocycles. The van der Waals surface area contributed by atoms with E-state index in [1.165, 1.54) is 49.0 Å². The van der Waals surface area contributed by atoms with Gasteiger partial charge in [0, 0.05) is 38.1 Å². The van der Waals surface area contributed by atoms with Gasteiger partial charge in [0.05, 0.1) is 11.0 Å². The van der Waals surface area contributed by atoms with Crippen LogP contribution in [0, 0.1) is 0 Å². The molecule has 0 saturated carbocycles. The molecule has 0 fully saturated rings. The molecule has 0 bridgehead atoms. The molecule has 5 heteroatoms. The van der Waals surface area contributed by atoms with Crippen LogP contribution in [0.5, 0.6) is 0 Å². The summed E-state index contributed by atoms with van der Waals surface area (Å²) in [6.07, 6.45) is 0. The van der Waals surface area contributed by atoms with Gasteiger partial charge in [-0.05, 0) is 85.9 Å². The summed E-state index contributed by atoms with van der Waals surface area (Å²) in [5.74, 6) is 1.79. The molecule has 0 spiro atoms. The highest BCUT2D eigenvalue weighted by Gasteiger charge is 2.28. The maximum Gasteiger partial charge on any atom is 0.238 e. The molecule has 5 nitrogen and oxygen atoms in total. The lowest BCUT2D eigenvalue weighted by Gasteiger charge is -2.14. The van der Waals surface area contributed by atoms with Crippen LogP contribution in [0.25, 0.3) is 127 Å². The van der Waals surface area contributed by atoms with Crippen LogP contribution < -0.4 is 0 Å². The summed E-state index contributed by atoms with van der Waals surface area (Å²) in [6, 6.07) is 64.3. The van der Waals surface area contributed by atoms with Crippen molar-refractivity contribution in [2.45, 2.75) is 0 Å². The average Bonchev–Trinajstić information content (AvgIpc) is 3.81. The van der Waals surface area contributed by atoms with E-state index in [9.17, 15) is 0 Å². The van der Waals surface area contributed by atoms with Crippen LogP contribution in [-0.4, -0.2) is 19.5 Å². The molecule has 0 saturated heterocycles. The zero-order valence-electron chi connectivity index (χ0n) is 31.0. The van der Waals surface area contributed by atoms with Crippen LogP contribution in [0.15, 0.2) is 186 Å². The van der Waals surface area contributed by atoms with Crippen LogP contribution in [0.2, 0.25) is 0 Å². The van der Waals surface area contributed by atoms with Crippen molar-refractivity contribution in [1.82, 2.24) is 19.5 Å². The summed E-state index contributed by atoms with van der Waals surface area (Å²) in [6.45, 7) is 0. The second-order valence-electron chi connectivity index (χ2n) is 15.1. The van der Waals surface area contributed by atoms with Crippen molar-refractivity contribution in [2.24, 2.45) is 0 Å². The Bertz CT molecular complexity index is 3660. The van der Waals surface area contributed by atoms with Gasteiger partial charge in [0.15, 0.2) is 11.6 Å². The van der Waals surface area contributed by atoms with Gasteiger partial charge in [-0.2, -0.15) is 9.97 Å². The van der Waals surface area contributed by atoms with Crippen LogP contribution in [0.4, 0.5) is 0 Å². The molecule has 0 aliphatic heterocycles. The normalized spacial score (nSPS) is 12.1. The first-order valence-electron chi connectivity index (χ1n) is 19.6. The maximum atomic E-state index is 6.60. The number of nitrogens with zero attached hydrogens (tertiary/aromatic N) is 4. The zero-order chi connectivity index (χ0) is 37.9. The van der Waals surface area contributed by atoms with Crippen molar-refractivity contribution in [3.63, 3.8) is 0 Å². The molecule has 9 aromatic carbocycles. The highest BCUT2D eigenvalue weighted by molar-refractivity contribution is 6.39. The number of furan rings is 1. The molecule has 1 aliphatic rings. The fourth-order valence-electron chi connectivity index (χ4n) is 9.37. The van der Waals surface area contributed by atoms with E-state index in [0.29, 0.717) is 17.6 Å². The van der Waals surface area contributed by atoms with Crippen molar-refractivity contribution in [3.8, 4) is 62.1 Å². The van der Waals surface area contributed by atoms with Crippen molar-refractivity contribution >= 4 is 65.3 Å². The third-order valence-electron chi connectivity index (χ3n) is 12.0. The standard InChI is InChI=1S/C53H30N4O/c1-3-12-33(13-4-1)41-30-43-49-46-38(39-18-10-20-44-47(39)50-45(58-44)28-27-40(41)48(49)50)17-9-19-42(46)57(43)53-55-51(34-14-5-2-6-15-34)54-52(56-53)35-24-21-32(22-25-35)37-26-23-31-11-7-8-16-36(31)29-37/h1-30H. The summed E-state index contributed by atoms with van der Waals surface area (Å²) in [7, 11) is 0. The number of aromatic nitrogens is 4. The third-order valence-corrected chi connectivity index (χ3v) is 12.0. The van der Waals surface area contributed by atoms with E-state index in [1.807, 2.05) is 18.2 Å². The molecule has 3 aromatic heterocycles. The van der Waals surface area contributed by atoms with Gasteiger partial charge in [0.25, 0.3) is 0 Å². The minimum atomic E-state index is 0.566. The number of benzene rings is 9. The van der Waals surface area contributed by atoms with Crippen LogP contribution in [0.3, 0.4) is 0 Å². The smallest absolute Gasteiger partial charge is 0.238 e. The molecule has 0 unspecified atom stereocenters. The lowest BCUT2D eigenvalue weighted by atomic mass is 9.93. The first-order chi connectivity index (χ1) is 28.7. The zero-order valence-corrected chi connectivity index (χ0v) is 31.0. The Balaban J connectivity index is 1.11. The second-order valence-corrected chi connectivity index (χ2v) is 15.1. The highest BCUT2D eigenvalue weighted by Crippen LogP contribution is 2.52. The van der Waals surface area contributed by atoms with Gasteiger partial charge >= 0.3 is 0 Å². The molecule has 0 N–H and O–H groups in total. The average molecular weight is 739 g/mol. The summed E-state index contributed by atoms with van der Waals surface area (Å²) in [5.41, 5.74) is 12.6. The van der Waals surface area contributed by atoms with E-state index in [2.05, 4.69) is 168 Å². The minimum absolute atomic E-state index is 0.566. The van der Waals surface area contributed by atoms with Crippen LogP contribution >= 0.6 is 0 Å². The molecule has 268 valence electrons. The van der Waals surface area contributed by atoms with Crippen molar-refractivity contribution < 1.29 is 4.42 Å². The van der Waals surface area contributed by atoms with Gasteiger partial charge in [-0.3, -0.25) is 4.57 Å². The monoisotopic (exact) mass is 738 g/mol. The summed E-state index contributed by atoms with van der Waals surface area (Å²) < 4.78 is 8.85.